The number of nitrogens with zero attached hydrogens (tertiary/aromatic N) is 2. The van der Waals surface area contributed by atoms with Gasteiger partial charge in [0.25, 0.3) is 0 Å². The zero-order valence-electron chi connectivity index (χ0n) is 12.0. The van der Waals surface area contributed by atoms with Crippen LogP contribution >= 0.6 is 0 Å². The van der Waals surface area contributed by atoms with Crippen molar-refractivity contribution in [3.63, 3.8) is 0 Å². The maximum atomic E-state index is 7.03. The molecule has 0 atom stereocenters. The van der Waals surface area contributed by atoms with Crippen molar-refractivity contribution < 1.29 is 0 Å². The molecule has 1 saturated carbocycles. The van der Waals surface area contributed by atoms with Gasteiger partial charge in [-0.2, -0.15) is 0 Å². The second-order valence-electron chi connectivity index (χ2n) is 6.06. The summed E-state index contributed by atoms with van der Waals surface area (Å²) in [5, 5.41) is 3.59. The second-order valence-corrected chi connectivity index (χ2v) is 6.06. The maximum absolute atomic E-state index is 7.03. The number of rotatable bonds is 4. The monoisotopic (exact) mass is 267 g/mol. The van der Waals surface area contributed by atoms with Crippen LogP contribution in [0.3, 0.4) is 0 Å². The van der Waals surface area contributed by atoms with Crippen molar-refractivity contribution in [2.45, 2.75) is 45.2 Å². The molecule has 3 heteroatoms. The van der Waals surface area contributed by atoms with Crippen molar-refractivity contribution in [1.82, 2.24) is 5.32 Å². The number of nitrogens with one attached hydrogen (secondary N) is 1. The number of hydrogen-bond donors (Lipinski definition) is 1. The quantitative estimate of drug-likeness (QED) is 0.811. The molecule has 3 nitrogen and oxygen atoms in total. The lowest BCUT2D eigenvalue weighted by Gasteiger charge is -2.34. The third kappa shape index (κ3) is 3.83. The molecule has 0 spiro atoms. The zero-order valence-corrected chi connectivity index (χ0v) is 12.0. The van der Waals surface area contributed by atoms with Gasteiger partial charge in [0.1, 0.15) is 0 Å². The Bertz CT molecular complexity index is 528. The molecule has 0 unspecified atom stereocenters. The van der Waals surface area contributed by atoms with E-state index in [1.807, 2.05) is 18.2 Å². The first-order valence-electron chi connectivity index (χ1n) is 7.18. The molecule has 0 bridgehead atoms. The van der Waals surface area contributed by atoms with E-state index in [1.165, 1.54) is 5.56 Å². The fourth-order valence-electron chi connectivity index (χ4n) is 2.87. The highest BCUT2D eigenvalue weighted by molar-refractivity contribution is 5.46. The lowest BCUT2D eigenvalue weighted by molar-refractivity contribution is 0.201. The number of benzene rings is 1. The van der Waals surface area contributed by atoms with Gasteiger partial charge in [0.05, 0.1) is 6.57 Å². The highest BCUT2D eigenvalue weighted by Gasteiger charge is 2.33. The Kier molecular flexibility index (Phi) is 4.77. The van der Waals surface area contributed by atoms with E-state index in [1.54, 1.807) is 0 Å². The molecule has 20 heavy (non-hydrogen) atoms. The highest BCUT2D eigenvalue weighted by atomic mass is 14.9. The van der Waals surface area contributed by atoms with Crippen LogP contribution in [0.4, 0.5) is 5.69 Å². The van der Waals surface area contributed by atoms with Crippen LogP contribution < -0.4 is 5.32 Å². The molecule has 0 amide bonds. The Morgan fingerprint density at radius 3 is 2.70 bits per heavy atom. The topological polar surface area (TPSA) is 20.8 Å². The lowest BCUT2D eigenvalue weighted by Crippen LogP contribution is -2.37. The van der Waals surface area contributed by atoms with Crippen LogP contribution in [-0.2, 0) is 6.54 Å². The van der Waals surface area contributed by atoms with E-state index in [-0.39, 0.29) is 5.41 Å². The molecule has 2 rings (SSSR count). The normalized spacial score (nSPS) is 25.6. The Morgan fingerprint density at radius 1 is 1.30 bits per heavy atom. The third-order valence-electron chi connectivity index (χ3n) is 4.29. The van der Waals surface area contributed by atoms with Crippen molar-refractivity contribution >= 4 is 5.69 Å². The first-order chi connectivity index (χ1) is 9.65. The minimum absolute atomic E-state index is 0.226. The fourth-order valence-corrected chi connectivity index (χ4v) is 2.87. The molecule has 0 saturated heterocycles. The van der Waals surface area contributed by atoms with Gasteiger partial charge >= 0.3 is 0 Å². The molecule has 1 aromatic carbocycles. The van der Waals surface area contributed by atoms with E-state index in [9.17, 15) is 0 Å². The second kappa shape index (κ2) is 6.55. The first-order valence-corrected chi connectivity index (χ1v) is 7.18. The Morgan fingerprint density at radius 2 is 2.05 bits per heavy atom. The van der Waals surface area contributed by atoms with Crippen LogP contribution in [0.1, 0.15) is 38.2 Å². The minimum Gasteiger partial charge on any atom is -0.316 e. The Labute approximate surface area is 121 Å². The molecule has 1 fully saturated rings. The zero-order chi connectivity index (χ0) is 14.4. The standard InChI is InChI=1S/C17H21N3/c1-17(13-18-2)9-7-15(8-10-17)20-12-14-5-4-6-16(11-14)19-3/h4-6,11,15,20H,7-10,12-13H2,1H3. The Hall–Kier alpha value is -1.84. The van der Waals surface area contributed by atoms with Crippen molar-refractivity contribution in [1.29, 1.82) is 0 Å². The summed E-state index contributed by atoms with van der Waals surface area (Å²) in [5.41, 5.74) is 2.11. The molecule has 104 valence electrons. The molecule has 0 aromatic heterocycles. The summed E-state index contributed by atoms with van der Waals surface area (Å²) >= 11 is 0. The van der Waals surface area contributed by atoms with Gasteiger partial charge in [-0.25, -0.2) is 11.4 Å². The van der Waals surface area contributed by atoms with Gasteiger partial charge in [-0.15, -0.1) is 0 Å². The van der Waals surface area contributed by atoms with E-state index in [0.717, 1.165) is 32.2 Å². The third-order valence-corrected chi connectivity index (χ3v) is 4.29. The minimum atomic E-state index is 0.226. The summed E-state index contributed by atoms with van der Waals surface area (Å²) in [5.74, 6) is 0. The van der Waals surface area contributed by atoms with E-state index in [4.69, 9.17) is 13.1 Å². The highest BCUT2D eigenvalue weighted by Crippen LogP contribution is 2.36. The lowest BCUT2D eigenvalue weighted by atomic mass is 9.74. The van der Waals surface area contributed by atoms with E-state index in [0.29, 0.717) is 18.3 Å². The van der Waals surface area contributed by atoms with Gasteiger partial charge in [-0.05, 0) is 31.2 Å². The fraction of sp³-hybridized carbons (Fsp3) is 0.529. The van der Waals surface area contributed by atoms with Crippen molar-refractivity contribution in [2.24, 2.45) is 5.41 Å². The maximum Gasteiger partial charge on any atom is 0.219 e. The van der Waals surface area contributed by atoms with Crippen LogP contribution in [-0.4, -0.2) is 12.6 Å². The molecule has 1 aliphatic carbocycles. The van der Waals surface area contributed by atoms with Crippen molar-refractivity contribution in [3.8, 4) is 0 Å². The predicted octanol–water partition coefficient (Wildman–Crippen LogP) is 4.20. The van der Waals surface area contributed by atoms with E-state index in [2.05, 4.69) is 28.0 Å². The molecule has 0 radical (unpaired) electrons. The van der Waals surface area contributed by atoms with Gasteiger partial charge < -0.3 is 10.2 Å². The van der Waals surface area contributed by atoms with Crippen LogP contribution in [0.15, 0.2) is 24.3 Å². The molecular weight excluding hydrogens is 246 g/mol. The Balaban J connectivity index is 1.82. The van der Waals surface area contributed by atoms with Crippen molar-refractivity contribution in [2.75, 3.05) is 6.54 Å². The molecule has 0 aliphatic heterocycles. The molecule has 1 N–H and O–H groups in total. The van der Waals surface area contributed by atoms with Crippen molar-refractivity contribution in [3.05, 3.63) is 52.7 Å². The van der Waals surface area contributed by atoms with E-state index < -0.39 is 0 Å². The predicted molar refractivity (Wildman–Crippen MR) is 81.4 cm³/mol. The van der Waals surface area contributed by atoms with Gasteiger partial charge in [0.15, 0.2) is 5.69 Å². The molecule has 0 heterocycles. The van der Waals surface area contributed by atoms with Gasteiger partial charge in [0.2, 0.25) is 6.54 Å². The van der Waals surface area contributed by atoms with Crippen LogP contribution in [0, 0.1) is 18.6 Å². The first kappa shape index (κ1) is 14.6. The largest absolute Gasteiger partial charge is 0.316 e. The van der Waals surface area contributed by atoms with E-state index >= 15 is 0 Å². The summed E-state index contributed by atoms with van der Waals surface area (Å²) in [7, 11) is 0. The summed E-state index contributed by atoms with van der Waals surface area (Å²) in [6.07, 6.45) is 4.56. The number of hydrogen-bond acceptors (Lipinski definition) is 1. The summed E-state index contributed by atoms with van der Waals surface area (Å²) in [6, 6.07) is 8.34. The average molecular weight is 267 g/mol. The summed E-state index contributed by atoms with van der Waals surface area (Å²) in [6.45, 7) is 17.8. The van der Waals surface area contributed by atoms with Gasteiger partial charge in [0, 0.05) is 18.0 Å². The molecule has 1 aromatic rings. The SMILES string of the molecule is [C-]#[N+]CC1(C)CCC(NCc2cccc([N+]#[C-])c2)CC1. The van der Waals surface area contributed by atoms with Gasteiger partial charge in [-0.3, -0.25) is 0 Å². The molecule has 1 aliphatic rings. The van der Waals surface area contributed by atoms with Crippen LogP contribution in [0.5, 0.6) is 0 Å². The molecular formula is C17H21N3. The average Bonchev–Trinajstić information content (AvgIpc) is 2.47. The summed E-state index contributed by atoms with van der Waals surface area (Å²) in [4.78, 5) is 7.03. The van der Waals surface area contributed by atoms with Crippen LogP contribution in [0.25, 0.3) is 9.69 Å². The summed E-state index contributed by atoms with van der Waals surface area (Å²) < 4.78 is 0. The smallest absolute Gasteiger partial charge is 0.219 e. The van der Waals surface area contributed by atoms with Gasteiger partial charge in [-0.1, -0.05) is 31.2 Å². The van der Waals surface area contributed by atoms with Crippen LogP contribution in [0.2, 0.25) is 0 Å².